The van der Waals surface area contributed by atoms with Gasteiger partial charge in [0.25, 0.3) is 0 Å². The Morgan fingerprint density at radius 3 is 2.00 bits per heavy atom. The third-order valence-corrected chi connectivity index (χ3v) is 11.5. The van der Waals surface area contributed by atoms with Crippen molar-refractivity contribution in [3.8, 4) is 28.3 Å². The van der Waals surface area contributed by atoms with E-state index in [0.717, 1.165) is 38.9 Å². The first-order valence-electron chi connectivity index (χ1n) is 17.8. The van der Waals surface area contributed by atoms with Gasteiger partial charge in [0.15, 0.2) is 0 Å². The molecule has 0 aliphatic carbocycles. The molecule has 8 aromatic carbocycles. The summed E-state index contributed by atoms with van der Waals surface area (Å²) >= 11 is 1.84. The molecular weight excluding hydrogens is 665 g/mol. The van der Waals surface area contributed by atoms with Crippen LogP contribution in [0.1, 0.15) is 0 Å². The predicted molar refractivity (Wildman–Crippen MR) is 221 cm³/mol. The van der Waals surface area contributed by atoms with Crippen LogP contribution in [0.2, 0.25) is 0 Å². The summed E-state index contributed by atoms with van der Waals surface area (Å²) in [5.41, 5.74) is 11.0. The van der Waals surface area contributed by atoms with Crippen molar-refractivity contribution in [3.63, 3.8) is 0 Å². The van der Waals surface area contributed by atoms with Crippen LogP contribution in [0.15, 0.2) is 192 Å². The van der Waals surface area contributed by atoms with Gasteiger partial charge in [-0.05, 0) is 82.6 Å². The largest absolute Gasteiger partial charge is 0.308 e. The first-order chi connectivity index (χ1) is 26.3. The first-order valence-corrected chi connectivity index (χ1v) is 18.7. The van der Waals surface area contributed by atoms with Gasteiger partial charge in [-0.25, -0.2) is 9.97 Å². The molecule has 3 heterocycles. The average molecular weight is 695 g/mol. The Hall–Kier alpha value is -6.69. The molecule has 4 nitrogen and oxygen atoms in total. The lowest BCUT2D eigenvalue weighted by molar-refractivity contribution is 1.01. The molecule has 1 aliphatic rings. The zero-order valence-electron chi connectivity index (χ0n) is 28.5. The number of hydrogen-bond donors (Lipinski definition) is 0. The van der Waals surface area contributed by atoms with E-state index in [1.165, 1.54) is 53.8 Å². The molecule has 0 N–H and O–H groups in total. The van der Waals surface area contributed by atoms with Crippen molar-refractivity contribution in [2.75, 3.05) is 4.90 Å². The summed E-state index contributed by atoms with van der Waals surface area (Å²) in [7, 11) is 0. The highest BCUT2D eigenvalue weighted by Gasteiger charge is 2.25. The summed E-state index contributed by atoms with van der Waals surface area (Å²) < 4.78 is 2.25. The van der Waals surface area contributed by atoms with Crippen LogP contribution in [-0.2, 0) is 0 Å². The lowest BCUT2D eigenvalue weighted by Crippen LogP contribution is -2.14. The molecule has 0 saturated heterocycles. The lowest BCUT2D eigenvalue weighted by Gasteiger charge is -2.33. The van der Waals surface area contributed by atoms with Crippen LogP contribution in [0, 0.1) is 0 Å². The number of anilines is 3. The van der Waals surface area contributed by atoms with E-state index in [-0.39, 0.29) is 0 Å². The molecule has 1 aliphatic heterocycles. The summed E-state index contributed by atoms with van der Waals surface area (Å²) in [6.45, 7) is 0. The van der Waals surface area contributed by atoms with Gasteiger partial charge in [-0.3, -0.25) is 4.57 Å². The van der Waals surface area contributed by atoms with Gasteiger partial charge in [0.05, 0.1) is 33.6 Å². The van der Waals surface area contributed by atoms with Crippen molar-refractivity contribution in [1.29, 1.82) is 0 Å². The van der Waals surface area contributed by atoms with E-state index in [4.69, 9.17) is 9.97 Å². The van der Waals surface area contributed by atoms with Crippen molar-refractivity contribution in [1.82, 2.24) is 14.5 Å². The Balaban J connectivity index is 1.13. The van der Waals surface area contributed by atoms with Crippen LogP contribution in [0.4, 0.5) is 17.1 Å². The Bertz CT molecular complexity index is 3040. The molecule has 0 spiro atoms. The summed E-state index contributed by atoms with van der Waals surface area (Å²) in [6, 6.07) is 64.9. The smallest absolute Gasteiger partial charge is 0.235 e. The van der Waals surface area contributed by atoms with Gasteiger partial charge in [0, 0.05) is 37.2 Å². The van der Waals surface area contributed by atoms with Crippen molar-refractivity contribution < 1.29 is 0 Å². The highest BCUT2D eigenvalue weighted by molar-refractivity contribution is 7.99. The standard InChI is InChI=1S/C48H30N4S/c1-3-14-32(15-4-1)47-37-19-9-10-20-39(37)49-48(50-47)52-40-26-24-33(29-38(40)46-36-18-8-7-13-31(36)23-28-43(46)52)34-25-27-42-45(30-34)53-44-22-12-11-21-41(44)51(42)35-16-5-2-6-17-35/h1-30H. The van der Waals surface area contributed by atoms with Crippen molar-refractivity contribution >= 4 is 72.3 Å². The summed E-state index contributed by atoms with van der Waals surface area (Å²) in [5.74, 6) is 0.662. The fourth-order valence-electron chi connectivity index (χ4n) is 7.96. The molecule has 10 aromatic rings. The van der Waals surface area contributed by atoms with E-state index < -0.39 is 0 Å². The number of aromatic nitrogens is 3. The molecule has 0 saturated carbocycles. The van der Waals surface area contributed by atoms with Gasteiger partial charge in [-0.15, -0.1) is 0 Å². The van der Waals surface area contributed by atoms with Crippen LogP contribution < -0.4 is 4.90 Å². The van der Waals surface area contributed by atoms with Gasteiger partial charge >= 0.3 is 0 Å². The number of rotatable bonds is 4. The third kappa shape index (κ3) is 4.78. The Morgan fingerprint density at radius 2 is 1.11 bits per heavy atom. The maximum atomic E-state index is 5.32. The molecule has 248 valence electrons. The van der Waals surface area contributed by atoms with Gasteiger partial charge < -0.3 is 4.90 Å². The van der Waals surface area contributed by atoms with Crippen molar-refractivity contribution in [2.24, 2.45) is 0 Å². The van der Waals surface area contributed by atoms with Crippen LogP contribution in [0.25, 0.3) is 71.8 Å². The summed E-state index contributed by atoms with van der Waals surface area (Å²) in [5, 5.41) is 5.84. The zero-order valence-corrected chi connectivity index (χ0v) is 29.3. The highest BCUT2D eigenvalue weighted by atomic mass is 32.2. The first kappa shape index (κ1) is 30.0. The maximum absolute atomic E-state index is 5.32. The summed E-state index contributed by atoms with van der Waals surface area (Å²) in [4.78, 5) is 15.4. The third-order valence-electron chi connectivity index (χ3n) is 10.4. The normalized spacial score (nSPS) is 12.4. The fourth-order valence-corrected chi connectivity index (χ4v) is 9.05. The van der Waals surface area contributed by atoms with E-state index in [2.05, 4.69) is 179 Å². The van der Waals surface area contributed by atoms with Crippen LogP contribution in [0.3, 0.4) is 0 Å². The van der Waals surface area contributed by atoms with E-state index in [0.29, 0.717) is 5.95 Å². The van der Waals surface area contributed by atoms with E-state index in [1.54, 1.807) is 0 Å². The Morgan fingerprint density at radius 1 is 0.434 bits per heavy atom. The Kier molecular flexibility index (Phi) is 6.76. The zero-order chi connectivity index (χ0) is 34.9. The number of fused-ring (bicyclic) bond motifs is 8. The van der Waals surface area contributed by atoms with Crippen molar-refractivity contribution in [2.45, 2.75) is 9.79 Å². The van der Waals surface area contributed by atoms with Crippen LogP contribution >= 0.6 is 11.8 Å². The molecule has 11 rings (SSSR count). The molecule has 0 atom stereocenters. The second kappa shape index (κ2) is 11.9. The molecule has 0 fully saturated rings. The number of hydrogen-bond acceptors (Lipinski definition) is 4. The summed E-state index contributed by atoms with van der Waals surface area (Å²) in [6.07, 6.45) is 0. The molecule has 0 unspecified atom stereocenters. The van der Waals surface area contributed by atoms with E-state index in [9.17, 15) is 0 Å². The van der Waals surface area contributed by atoms with Crippen LogP contribution in [-0.4, -0.2) is 14.5 Å². The van der Waals surface area contributed by atoms with Gasteiger partial charge in [0.1, 0.15) is 0 Å². The fraction of sp³-hybridized carbons (Fsp3) is 0. The average Bonchev–Trinajstić information content (AvgIpc) is 3.57. The monoisotopic (exact) mass is 694 g/mol. The topological polar surface area (TPSA) is 34.0 Å². The lowest BCUT2D eigenvalue weighted by atomic mass is 9.99. The predicted octanol–water partition coefficient (Wildman–Crippen LogP) is 13.1. The molecule has 0 radical (unpaired) electrons. The number of benzene rings is 8. The molecule has 0 bridgehead atoms. The molecule has 2 aromatic heterocycles. The van der Waals surface area contributed by atoms with Gasteiger partial charge in [-0.1, -0.05) is 133 Å². The quantitative estimate of drug-likeness (QED) is 0.184. The van der Waals surface area contributed by atoms with E-state index in [1.807, 2.05) is 23.9 Å². The Labute approximate surface area is 310 Å². The van der Waals surface area contributed by atoms with Gasteiger partial charge in [-0.2, -0.15) is 0 Å². The maximum Gasteiger partial charge on any atom is 0.235 e. The minimum Gasteiger partial charge on any atom is -0.308 e. The van der Waals surface area contributed by atoms with Crippen molar-refractivity contribution in [3.05, 3.63) is 182 Å². The SMILES string of the molecule is c1ccc(-c2nc(-n3c4ccc(-c5ccc6c(c5)Sc5ccccc5N6c5ccccc5)cc4c4c5ccccc5ccc43)nc3ccccc23)cc1. The number of nitrogens with zero attached hydrogens (tertiary/aromatic N) is 4. The minimum absolute atomic E-state index is 0.662. The second-order valence-corrected chi connectivity index (χ2v) is 14.5. The highest BCUT2D eigenvalue weighted by Crippen LogP contribution is 2.52. The molecule has 0 amide bonds. The molecule has 53 heavy (non-hydrogen) atoms. The molecular formula is C48H30N4S. The van der Waals surface area contributed by atoms with E-state index >= 15 is 0 Å². The second-order valence-electron chi connectivity index (χ2n) is 13.4. The number of para-hydroxylation sites is 3. The van der Waals surface area contributed by atoms with Crippen LogP contribution in [0.5, 0.6) is 0 Å². The minimum atomic E-state index is 0.662. The van der Waals surface area contributed by atoms with Gasteiger partial charge in [0.2, 0.25) is 5.95 Å². The molecule has 5 heteroatoms.